The van der Waals surface area contributed by atoms with Crippen LogP contribution in [0.25, 0.3) is 44.7 Å². The van der Waals surface area contributed by atoms with E-state index in [0.29, 0.717) is 11.6 Å². The van der Waals surface area contributed by atoms with E-state index in [9.17, 15) is 0 Å². The zero-order valence-electron chi connectivity index (χ0n) is 13.9. The number of nitrogens with two attached hydrogens (primary N) is 1. The summed E-state index contributed by atoms with van der Waals surface area (Å²) >= 11 is 0. The van der Waals surface area contributed by atoms with Crippen LogP contribution in [-0.2, 0) is 0 Å². The molecule has 0 spiro atoms. The first kappa shape index (κ1) is 14.7. The number of rotatable bonds is 2. The van der Waals surface area contributed by atoms with Gasteiger partial charge >= 0.3 is 0 Å². The fraction of sp³-hybridized carbons (Fsp3) is 0. The average Bonchev–Trinajstić information content (AvgIpc) is 3.10. The molecule has 4 heteroatoms. The highest BCUT2D eigenvalue weighted by Gasteiger charge is 2.14. The van der Waals surface area contributed by atoms with E-state index in [4.69, 9.17) is 15.1 Å². The Morgan fingerprint density at radius 1 is 0.731 bits per heavy atom. The lowest BCUT2D eigenvalue weighted by molar-refractivity contribution is 0.620. The molecule has 3 aromatic carbocycles. The molecule has 2 N–H and O–H groups in total. The van der Waals surface area contributed by atoms with E-state index < -0.39 is 0 Å². The second-order valence-corrected chi connectivity index (χ2v) is 6.18. The largest absolute Gasteiger partial charge is 0.436 e. The van der Waals surface area contributed by atoms with Crippen molar-refractivity contribution in [2.75, 3.05) is 5.73 Å². The van der Waals surface area contributed by atoms with E-state index in [1.54, 1.807) is 0 Å². The molecule has 0 unspecified atom stereocenters. The molecule has 124 valence electrons. The van der Waals surface area contributed by atoms with Crippen molar-refractivity contribution in [2.45, 2.75) is 0 Å². The van der Waals surface area contributed by atoms with Gasteiger partial charge in [0.25, 0.3) is 0 Å². The summed E-state index contributed by atoms with van der Waals surface area (Å²) in [5.41, 5.74) is 11.8. The van der Waals surface area contributed by atoms with Gasteiger partial charge in [-0.2, -0.15) is 0 Å². The normalized spacial score (nSPS) is 11.2. The third kappa shape index (κ3) is 2.40. The maximum atomic E-state index is 6.01. The molecule has 4 nitrogen and oxygen atoms in total. The van der Waals surface area contributed by atoms with Crippen LogP contribution in [0.2, 0.25) is 0 Å². The fourth-order valence-electron chi connectivity index (χ4n) is 3.17. The van der Waals surface area contributed by atoms with Gasteiger partial charge in [0.05, 0.1) is 11.2 Å². The lowest BCUT2D eigenvalue weighted by atomic mass is 10.0. The highest BCUT2D eigenvalue weighted by Crippen LogP contribution is 2.33. The summed E-state index contributed by atoms with van der Waals surface area (Å²) in [5, 5.41) is 1.01. The van der Waals surface area contributed by atoms with Crippen LogP contribution in [0.3, 0.4) is 0 Å². The Bertz CT molecular complexity index is 1240. The Labute approximate surface area is 149 Å². The van der Waals surface area contributed by atoms with Gasteiger partial charge in [-0.15, -0.1) is 0 Å². The molecular weight excluding hydrogens is 322 g/mol. The van der Waals surface area contributed by atoms with Crippen LogP contribution in [0.4, 0.5) is 5.69 Å². The molecule has 0 aliphatic heterocycles. The van der Waals surface area contributed by atoms with Gasteiger partial charge in [0, 0.05) is 22.2 Å². The zero-order chi connectivity index (χ0) is 17.5. The van der Waals surface area contributed by atoms with E-state index in [2.05, 4.69) is 4.98 Å². The summed E-state index contributed by atoms with van der Waals surface area (Å²) in [5.74, 6) is 0.571. The molecular formula is C22H15N3O. The number of aromatic nitrogens is 2. The van der Waals surface area contributed by atoms with Crippen molar-refractivity contribution < 1.29 is 4.42 Å². The van der Waals surface area contributed by atoms with Gasteiger partial charge in [0.15, 0.2) is 5.58 Å². The smallest absolute Gasteiger partial charge is 0.228 e. The summed E-state index contributed by atoms with van der Waals surface area (Å²) in [6.45, 7) is 0. The summed E-state index contributed by atoms with van der Waals surface area (Å²) in [6.07, 6.45) is 0. The monoisotopic (exact) mass is 337 g/mol. The van der Waals surface area contributed by atoms with Crippen molar-refractivity contribution in [3.05, 3.63) is 78.9 Å². The van der Waals surface area contributed by atoms with Crippen LogP contribution in [0.15, 0.2) is 83.3 Å². The minimum atomic E-state index is 0.571. The predicted molar refractivity (Wildman–Crippen MR) is 105 cm³/mol. The van der Waals surface area contributed by atoms with Gasteiger partial charge in [0.1, 0.15) is 5.52 Å². The second-order valence-electron chi connectivity index (χ2n) is 6.18. The molecule has 5 rings (SSSR count). The third-order valence-corrected chi connectivity index (χ3v) is 4.43. The molecule has 0 saturated carbocycles. The van der Waals surface area contributed by atoms with Crippen LogP contribution in [0, 0.1) is 0 Å². The Balaban J connectivity index is 1.79. The van der Waals surface area contributed by atoms with Gasteiger partial charge in [-0.05, 0) is 30.3 Å². The number of hydrogen-bond acceptors (Lipinski definition) is 4. The maximum Gasteiger partial charge on any atom is 0.228 e. The lowest BCUT2D eigenvalue weighted by Crippen LogP contribution is -1.89. The summed E-state index contributed by atoms with van der Waals surface area (Å²) in [6, 6.07) is 25.7. The molecule has 26 heavy (non-hydrogen) atoms. The summed E-state index contributed by atoms with van der Waals surface area (Å²) in [7, 11) is 0. The topological polar surface area (TPSA) is 64.9 Å². The summed E-state index contributed by atoms with van der Waals surface area (Å²) in [4.78, 5) is 9.46. The van der Waals surface area contributed by atoms with Gasteiger partial charge in [-0.3, -0.25) is 0 Å². The molecule has 2 heterocycles. The molecule has 2 aromatic heterocycles. The number of pyridine rings is 1. The zero-order valence-corrected chi connectivity index (χ0v) is 13.9. The molecule has 0 aliphatic rings. The standard InChI is InChI=1S/C22H15N3O/c23-15-10-11-21-20(12-15)25-22(26-21)17-13-19(14-6-2-1-3-7-14)24-18-9-5-4-8-16(17)18/h1-13H,23H2. The van der Waals surface area contributed by atoms with Crippen LogP contribution < -0.4 is 5.73 Å². The number of oxazole rings is 1. The van der Waals surface area contributed by atoms with Crippen LogP contribution in [-0.4, -0.2) is 9.97 Å². The Morgan fingerprint density at radius 2 is 1.54 bits per heavy atom. The van der Waals surface area contributed by atoms with E-state index in [1.807, 2.05) is 78.9 Å². The van der Waals surface area contributed by atoms with Gasteiger partial charge in [-0.25, -0.2) is 9.97 Å². The molecule has 0 atom stereocenters. The minimum absolute atomic E-state index is 0.571. The molecule has 0 bridgehead atoms. The van der Waals surface area contributed by atoms with E-state index in [0.717, 1.165) is 38.8 Å². The average molecular weight is 337 g/mol. The Morgan fingerprint density at radius 3 is 2.42 bits per heavy atom. The SMILES string of the molecule is Nc1ccc2oc(-c3cc(-c4ccccc4)nc4ccccc34)nc2c1. The number of nitrogen functional groups attached to an aromatic ring is 1. The van der Waals surface area contributed by atoms with Crippen molar-refractivity contribution in [3.63, 3.8) is 0 Å². The molecule has 0 amide bonds. The first-order valence-corrected chi connectivity index (χ1v) is 8.39. The second kappa shape index (κ2) is 5.70. The number of fused-ring (bicyclic) bond motifs is 2. The van der Waals surface area contributed by atoms with Crippen molar-refractivity contribution >= 4 is 27.7 Å². The first-order chi connectivity index (χ1) is 12.8. The molecule has 0 saturated heterocycles. The fourth-order valence-corrected chi connectivity index (χ4v) is 3.17. The minimum Gasteiger partial charge on any atom is -0.436 e. The number of anilines is 1. The lowest BCUT2D eigenvalue weighted by Gasteiger charge is -2.07. The summed E-state index contributed by atoms with van der Waals surface area (Å²) < 4.78 is 6.01. The van der Waals surface area contributed by atoms with E-state index in [-0.39, 0.29) is 0 Å². The van der Waals surface area contributed by atoms with Crippen molar-refractivity contribution in [1.29, 1.82) is 0 Å². The number of nitrogens with zero attached hydrogens (tertiary/aromatic N) is 2. The quantitative estimate of drug-likeness (QED) is 0.444. The first-order valence-electron chi connectivity index (χ1n) is 8.39. The predicted octanol–water partition coefficient (Wildman–Crippen LogP) is 5.29. The van der Waals surface area contributed by atoms with Crippen LogP contribution >= 0.6 is 0 Å². The Kier molecular flexibility index (Phi) is 3.22. The number of benzene rings is 3. The molecule has 0 radical (unpaired) electrons. The van der Waals surface area contributed by atoms with Crippen LogP contribution in [0.5, 0.6) is 0 Å². The highest BCUT2D eigenvalue weighted by atomic mass is 16.3. The number of para-hydroxylation sites is 1. The maximum absolute atomic E-state index is 6.01. The van der Waals surface area contributed by atoms with E-state index in [1.165, 1.54) is 0 Å². The number of hydrogen-bond donors (Lipinski definition) is 1. The van der Waals surface area contributed by atoms with Crippen molar-refractivity contribution in [2.24, 2.45) is 0 Å². The van der Waals surface area contributed by atoms with Gasteiger partial charge in [0.2, 0.25) is 5.89 Å². The molecule has 5 aromatic rings. The van der Waals surface area contributed by atoms with Crippen LogP contribution in [0.1, 0.15) is 0 Å². The third-order valence-electron chi connectivity index (χ3n) is 4.43. The van der Waals surface area contributed by atoms with Crippen molar-refractivity contribution in [1.82, 2.24) is 9.97 Å². The molecule has 0 fully saturated rings. The Hall–Kier alpha value is -3.66. The van der Waals surface area contributed by atoms with E-state index >= 15 is 0 Å². The van der Waals surface area contributed by atoms with Crippen molar-refractivity contribution in [3.8, 4) is 22.7 Å². The molecule has 0 aliphatic carbocycles. The van der Waals surface area contributed by atoms with Gasteiger partial charge < -0.3 is 10.2 Å². The van der Waals surface area contributed by atoms with Gasteiger partial charge in [-0.1, -0.05) is 48.5 Å². The highest BCUT2D eigenvalue weighted by molar-refractivity contribution is 5.96.